The van der Waals surface area contributed by atoms with Gasteiger partial charge in [0.05, 0.1) is 14.2 Å². The molecule has 1 aromatic rings. The predicted molar refractivity (Wildman–Crippen MR) is 127 cm³/mol. The highest BCUT2D eigenvalue weighted by molar-refractivity contribution is 14.0. The van der Waals surface area contributed by atoms with Gasteiger partial charge in [0.15, 0.2) is 5.96 Å². The summed E-state index contributed by atoms with van der Waals surface area (Å²) in [6.07, 6.45) is 3.88. The van der Waals surface area contributed by atoms with E-state index in [0.29, 0.717) is 17.9 Å². The Balaban J connectivity index is 0.00000420. The van der Waals surface area contributed by atoms with Crippen LogP contribution in [-0.4, -0.2) is 63.3 Å². The fourth-order valence-corrected chi connectivity index (χ4v) is 3.45. The molecule has 7 nitrogen and oxygen atoms in total. The number of ether oxygens (including phenoxy) is 2. The first-order valence-corrected chi connectivity index (χ1v) is 9.86. The van der Waals surface area contributed by atoms with Crippen molar-refractivity contribution in [3.63, 3.8) is 0 Å². The number of benzene rings is 1. The lowest BCUT2D eigenvalue weighted by Gasteiger charge is -2.41. The summed E-state index contributed by atoms with van der Waals surface area (Å²) in [5.74, 6) is 0.825. The highest BCUT2D eigenvalue weighted by Gasteiger charge is 2.27. The lowest BCUT2D eigenvalue weighted by atomic mass is 9.98. The van der Waals surface area contributed by atoms with Crippen LogP contribution in [0.15, 0.2) is 23.2 Å². The van der Waals surface area contributed by atoms with Gasteiger partial charge in [-0.25, -0.2) is 4.79 Å². The van der Waals surface area contributed by atoms with Gasteiger partial charge >= 0.3 is 5.97 Å². The average molecular weight is 518 g/mol. The van der Waals surface area contributed by atoms with E-state index < -0.39 is 5.97 Å². The Bertz CT molecular complexity index is 689. The van der Waals surface area contributed by atoms with Crippen LogP contribution in [0.2, 0.25) is 0 Å². The van der Waals surface area contributed by atoms with Gasteiger partial charge in [-0.1, -0.05) is 12.5 Å². The van der Waals surface area contributed by atoms with E-state index in [1.165, 1.54) is 33.5 Å². The minimum atomic E-state index is -0.413. The van der Waals surface area contributed by atoms with Gasteiger partial charge in [0, 0.05) is 25.7 Å². The van der Waals surface area contributed by atoms with E-state index in [2.05, 4.69) is 34.4 Å². The Morgan fingerprint density at radius 3 is 2.45 bits per heavy atom. The Morgan fingerprint density at radius 1 is 1.17 bits per heavy atom. The van der Waals surface area contributed by atoms with Crippen LogP contribution in [0.1, 0.15) is 49.0 Å². The molecule has 29 heavy (non-hydrogen) atoms. The van der Waals surface area contributed by atoms with E-state index >= 15 is 0 Å². The number of carbonyl (C=O) groups is 1. The third-order valence-electron chi connectivity index (χ3n) is 5.25. The Kier molecular flexibility index (Phi) is 10.7. The number of likely N-dealkylation sites (tertiary alicyclic amines) is 1. The van der Waals surface area contributed by atoms with Crippen LogP contribution >= 0.6 is 24.0 Å². The van der Waals surface area contributed by atoms with Crippen molar-refractivity contribution in [2.75, 3.05) is 40.9 Å². The third kappa shape index (κ3) is 7.33. The van der Waals surface area contributed by atoms with Gasteiger partial charge in [-0.05, 0) is 57.5 Å². The zero-order chi connectivity index (χ0) is 20.6. The molecular weight excluding hydrogens is 483 g/mol. The number of esters is 1. The summed E-state index contributed by atoms with van der Waals surface area (Å²) in [6.45, 7) is 8.20. The number of aliphatic imine (C=N–C) groups is 1. The van der Waals surface area contributed by atoms with E-state index in [0.717, 1.165) is 31.2 Å². The number of hydrogen-bond acceptors (Lipinski definition) is 5. The molecule has 1 aromatic carbocycles. The molecule has 0 radical (unpaired) electrons. The molecule has 0 amide bonds. The second-order valence-electron chi connectivity index (χ2n) is 7.67. The van der Waals surface area contributed by atoms with Crippen LogP contribution in [0.5, 0.6) is 5.75 Å². The number of carbonyl (C=O) groups excluding carboxylic acids is 1. The smallest absolute Gasteiger partial charge is 0.341 e. The molecule has 2 N–H and O–H groups in total. The van der Waals surface area contributed by atoms with Crippen molar-refractivity contribution in [1.29, 1.82) is 0 Å². The van der Waals surface area contributed by atoms with Crippen molar-refractivity contribution in [1.82, 2.24) is 15.5 Å². The molecule has 1 aliphatic heterocycles. The van der Waals surface area contributed by atoms with Crippen LogP contribution in [0, 0.1) is 0 Å². The number of methoxy groups -OCH3 is 2. The number of hydrogen-bond donors (Lipinski definition) is 2. The van der Waals surface area contributed by atoms with Crippen LogP contribution in [0.25, 0.3) is 0 Å². The minimum Gasteiger partial charge on any atom is -0.496 e. The minimum absolute atomic E-state index is 0. The SMILES string of the molecule is CN=C(NCc1ccc(OC)c(C(=O)OC)c1)NCC(C)(C)N1CCCCC1.I. The van der Waals surface area contributed by atoms with Crippen molar-refractivity contribution < 1.29 is 14.3 Å². The molecule has 0 saturated carbocycles. The van der Waals surface area contributed by atoms with E-state index in [9.17, 15) is 4.79 Å². The molecule has 0 atom stereocenters. The van der Waals surface area contributed by atoms with Gasteiger partial charge in [0.2, 0.25) is 0 Å². The van der Waals surface area contributed by atoms with Gasteiger partial charge in [-0.15, -0.1) is 24.0 Å². The summed E-state index contributed by atoms with van der Waals surface area (Å²) in [5.41, 5.74) is 1.42. The fourth-order valence-electron chi connectivity index (χ4n) is 3.45. The molecule has 1 saturated heterocycles. The molecule has 1 heterocycles. The first kappa shape index (κ1) is 25.5. The second kappa shape index (κ2) is 12.2. The summed E-state index contributed by atoms with van der Waals surface area (Å²) in [7, 11) is 4.66. The van der Waals surface area contributed by atoms with Crippen molar-refractivity contribution in [3.8, 4) is 5.75 Å². The molecule has 1 aliphatic rings. The highest BCUT2D eigenvalue weighted by Crippen LogP contribution is 2.21. The zero-order valence-corrected chi connectivity index (χ0v) is 20.5. The molecule has 0 aromatic heterocycles. The molecule has 0 spiro atoms. The van der Waals surface area contributed by atoms with Crippen molar-refractivity contribution in [2.45, 2.75) is 45.2 Å². The maximum absolute atomic E-state index is 11.9. The summed E-state index contributed by atoms with van der Waals surface area (Å²) >= 11 is 0. The number of nitrogens with zero attached hydrogens (tertiary/aromatic N) is 2. The molecule has 1 fully saturated rings. The lowest BCUT2D eigenvalue weighted by Crippen LogP contribution is -2.54. The Labute approximate surface area is 191 Å². The van der Waals surface area contributed by atoms with Gasteiger partial charge in [-0.3, -0.25) is 9.89 Å². The van der Waals surface area contributed by atoms with Crippen LogP contribution in [-0.2, 0) is 11.3 Å². The number of rotatable bonds is 7. The molecule has 0 unspecified atom stereocenters. The normalized spacial score (nSPS) is 15.3. The lowest BCUT2D eigenvalue weighted by molar-refractivity contribution is 0.0597. The first-order valence-electron chi connectivity index (χ1n) is 9.86. The molecule has 0 bridgehead atoms. The topological polar surface area (TPSA) is 75.2 Å². The van der Waals surface area contributed by atoms with Gasteiger partial charge < -0.3 is 20.1 Å². The summed E-state index contributed by atoms with van der Waals surface area (Å²) in [4.78, 5) is 18.8. The van der Waals surface area contributed by atoms with E-state index in [1.54, 1.807) is 19.2 Å². The van der Waals surface area contributed by atoms with E-state index in [4.69, 9.17) is 9.47 Å². The monoisotopic (exact) mass is 518 g/mol. The largest absolute Gasteiger partial charge is 0.496 e. The molecule has 8 heteroatoms. The second-order valence-corrected chi connectivity index (χ2v) is 7.67. The van der Waals surface area contributed by atoms with Gasteiger partial charge in [0.1, 0.15) is 11.3 Å². The van der Waals surface area contributed by atoms with Crippen molar-refractivity contribution in [2.24, 2.45) is 4.99 Å². The van der Waals surface area contributed by atoms with Gasteiger partial charge in [0.25, 0.3) is 0 Å². The van der Waals surface area contributed by atoms with E-state index in [-0.39, 0.29) is 29.5 Å². The first-order chi connectivity index (χ1) is 13.4. The summed E-state index contributed by atoms with van der Waals surface area (Å²) in [6, 6.07) is 5.48. The zero-order valence-electron chi connectivity index (χ0n) is 18.2. The third-order valence-corrected chi connectivity index (χ3v) is 5.25. The Morgan fingerprint density at radius 2 is 1.86 bits per heavy atom. The number of guanidine groups is 1. The average Bonchev–Trinajstić information content (AvgIpc) is 2.73. The maximum Gasteiger partial charge on any atom is 0.341 e. The molecule has 0 aliphatic carbocycles. The summed E-state index contributed by atoms with van der Waals surface area (Å²) < 4.78 is 10.1. The molecule has 2 rings (SSSR count). The van der Waals surface area contributed by atoms with E-state index in [1.807, 2.05) is 6.07 Å². The summed E-state index contributed by atoms with van der Waals surface area (Å²) in [5, 5.41) is 6.74. The number of nitrogens with one attached hydrogen (secondary N) is 2. The molecule has 164 valence electrons. The number of piperidine rings is 1. The number of halogens is 1. The predicted octanol–water partition coefficient (Wildman–Crippen LogP) is 3.03. The van der Waals surface area contributed by atoms with Crippen molar-refractivity contribution >= 4 is 35.9 Å². The maximum atomic E-state index is 11.9. The fraction of sp³-hybridized carbons (Fsp3) is 0.619. The standard InChI is InChI=1S/C21H34N4O3.HI/c1-21(2,25-11-7-6-8-12-25)15-24-20(22-3)23-14-16-9-10-18(27-4)17(13-16)19(26)28-5;/h9-10,13H,6-8,11-12,14-15H2,1-5H3,(H2,22,23,24);1H. The van der Waals surface area contributed by atoms with Crippen LogP contribution in [0.3, 0.4) is 0 Å². The van der Waals surface area contributed by atoms with Crippen molar-refractivity contribution in [3.05, 3.63) is 29.3 Å². The molecular formula is C21H35IN4O3. The highest BCUT2D eigenvalue weighted by atomic mass is 127. The van der Waals surface area contributed by atoms with Crippen LogP contribution in [0.4, 0.5) is 0 Å². The van der Waals surface area contributed by atoms with Crippen LogP contribution < -0.4 is 15.4 Å². The quantitative estimate of drug-likeness (QED) is 0.250. The Hall–Kier alpha value is -1.55. The van der Waals surface area contributed by atoms with Gasteiger partial charge in [-0.2, -0.15) is 0 Å².